The number of carbonyl (C=O) groups is 2. The normalized spacial score (nSPS) is 21.6. The van der Waals surface area contributed by atoms with Gasteiger partial charge in [-0.25, -0.2) is 8.42 Å². The van der Waals surface area contributed by atoms with E-state index in [2.05, 4.69) is 5.32 Å². The molecule has 1 aromatic carbocycles. The van der Waals surface area contributed by atoms with Crippen LogP contribution in [0.1, 0.15) is 19.8 Å². The van der Waals surface area contributed by atoms with Gasteiger partial charge in [-0.05, 0) is 31.4 Å². The number of carbonyl (C=O) groups excluding carboxylic acids is 2. The highest BCUT2D eigenvalue weighted by Crippen LogP contribution is 2.34. The van der Waals surface area contributed by atoms with Crippen molar-refractivity contribution in [2.24, 2.45) is 5.92 Å². The molecule has 1 amide bonds. The van der Waals surface area contributed by atoms with Gasteiger partial charge in [0.2, 0.25) is 6.79 Å². The van der Waals surface area contributed by atoms with Gasteiger partial charge in [0.15, 0.2) is 27.4 Å². The van der Waals surface area contributed by atoms with Crippen LogP contribution in [0.25, 0.3) is 0 Å². The maximum absolute atomic E-state index is 12.1. The number of hydrogen-bond acceptors (Lipinski definition) is 7. The molecule has 9 heteroatoms. The van der Waals surface area contributed by atoms with Crippen LogP contribution in [0, 0.1) is 5.92 Å². The van der Waals surface area contributed by atoms with Crippen LogP contribution < -0.4 is 14.8 Å². The molecule has 2 aliphatic rings. The third-order valence-electron chi connectivity index (χ3n) is 4.10. The Kier molecular flexibility index (Phi) is 4.85. The second-order valence-electron chi connectivity index (χ2n) is 6.16. The van der Waals surface area contributed by atoms with Crippen LogP contribution in [-0.4, -0.2) is 44.7 Å². The second-order valence-corrected chi connectivity index (χ2v) is 8.39. The van der Waals surface area contributed by atoms with Crippen LogP contribution in [0.15, 0.2) is 18.2 Å². The first-order valence-electron chi connectivity index (χ1n) is 7.93. The molecule has 2 aliphatic heterocycles. The van der Waals surface area contributed by atoms with Gasteiger partial charge < -0.3 is 19.5 Å². The molecular formula is C16H19NO7S. The van der Waals surface area contributed by atoms with Gasteiger partial charge in [-0.3, -0.25) is 9.59 Å². The quantitative estimate of drug-likeness (QED) is 0.775. The molecule has 1 saturated heterocycles. The van der Waals surface area contributed by atoms with Gasteiger partial charge in [0.05, 0.1) is 11.5 Å². The largest absolute Gasteiger partial charge is 0.454 e. The van der Waals surface area contributed by atoms with Gasteiger partial charge in [-0.15, -0.1) is 0 Å². The fraction of sp³-hybridized carbons (Fsp3) is 0.500. The minimum absolute atomic E-state index is 0.000125. The molecule has 1 N–H and O–H groups in total. The average molecular weight is 369 g/mol. The van der Waals surface area contributed by atoms with Crippen LogP contribution in [0.2, 0.25) is 0 Å². The first kappa shape index (κ1) is 17.5. The summed E-state index contributed by atoms with van der Waals surface area (Å²) in [7, 11) is -3.04. The standard InChI is InChI=1S/C16H19NO7S/c1-10(24-15(18)6-11-4-5-25(20,21)8-11)16(19)17-12-2-3-13-14(7-12)23-9-22-13/h2-3,7,10-11H,4-6,8-9H2,1H3,(H,17,19)/t10-,11-/m1/s1. The van der Waals surface area contributed by atoms with Crippen molar-refractivity contribution >= 4 is 27.4 Å². The van der Waals surface area contributed by atoms with E-state index in [4.69, 9.17) is 14.2 Å². The Labute approximate surface area is 145 Å². The number of nitrogens with one attached hydrogen (secondary N) is 1. The molecule has 0 radical (unpaired) electrons. The van der Waals surface area contributed by atoms with Crippen molar-refractivity contribution in [2.75, 3.05) is 23.6 Å². The fourth-order valence-corrected chi connectivity index (χ4v) is 4.65. The van der Waals surface area contributed by atoms with Crippen molar-refractivity contribution in [3.8, 4) is 11.5 Å². The lowest BCUT2D eigenvalue weighted by Gasteiger charge is -2.15. The van der Waals surface area contributed by atoms with E-state index in [1.165, 1.54) is 6.92 Å². The highest BCUT2D eigenvalue weighted by molar-refractivity contribution is 7.91. The molecule has 25 heavy (non-hydrogen) atoms. The number of esters is 1. The molecule has 8 nitrogen and oxygen atoms in total. The molecule has 1 fully saturated rings. The lowest BCUT2D eigenvalue weighted by atomic mass is 10.1. The van der Waals surface area contributed by atoms with E-state index in [1.807, 2.05) is 0 Å². The Morgan fingerprint density at radius 3 is 2.80 bits per heavy atom. The molecule has 1 aromatic rings. The van der Waals surface area contributed by atoms with Gasteiger partial charge in [0, 0.05) is 18.2 Å². The molecule has 2 atom stereocenters. The molecule has 0 aliphatic carbocycles. The zero-order chi connectivity index (χ0) is 18.0. The predicted molar refractivity (Wildman–Crippen MR) is 88.1 cm³/mol. The van der Waals surface area contributed by atoms with Gasteiger partial charge in [0.25, 0.3) is 5.91 Å². The predicted octanol–water partition coefficient (Wildman–Crippen LogP) is 1.11. The topological polar surface area (TPSA) is 108 Å². The van der Waals surface area contributed by atoms with Crippen LogP contribution in [-0.2, 0) is 24.2 Å². The molecule has 0 bridgehead atoms. The summed E-state index contributed by atoms with van der Waals surface area (Å²) in [6.07, 6.45) is -0.535. The Bertz CT molecular complexity index is 790. The molecule has 0 spiro atoms. The maximum atomic E-state index is 12.1. The highest BCUT2D eigenvalue weighted by Gasteiger charge is 2.30. The number of fused-ring (bicyclic) bond motifs is 1. The Hall–Kier alpha value is -2.29. The summed E-state index contributed by atoms with van der Waals surface area (Å²) in [6.45, 7) is 1.60. The van der Waals surface area contributed by atoms with Gasteiger partial charge in [-0.2, -0.15) is 0 Å². The lowest BCUT2D eigenvalue weighted by molar-refractivity contribution is -0.153. The zero-order valence-corrected chi connectivity index (χ0v) is 14.5. The number of ether oxygens (including phenoxy) is 3. The molecule has 0 aromatic heterocycles. The summed E-state index contributed by atoms with van der Waals surface area (Å²) >= 11 is 0. The van der Waals surface area contributed by atoms with Crippen molar-refractivity contribution in [3.63, 3.8) is 0 Å². The van der Waals surface area contributed by atoms with Crippen molar-refractivity contribution in [1.82, 2.24) is 0 Å². The summed E-state index contributed by atoms with van der Waals surface area (Å²) in [5.74, 6) is -0.0532. The van der Waals surface area contributed by atoms with E-state index in [0.717, 1.165) is 0 Å². The number of benzene rings is 1. The molecule has 3 rings (SSSR count). The molecular weight excluding hydrogens is 350 g/mol. The first-order valence-corrected chi connectivity index (χ1v) is 9.75. The van der Waals surface area contributed by atoms with E-state index in [9.17, 15) is 18.0 Å². The number of hydrogen-bond donors (Lipinski definition) is 1. The van der Waals surface area contributed by atoms with Crippen molar-refractivity contribution < 1.29 is 32.2 Å². The Morgan fingerprint density at radius 1 is 1.32 bits per heavy atom. The molecule has 0 unspecified atom stereocenters. The number of amides is 1. The third-order valence-corrected chi connectivity index (χ3v) is 5.94. The number of rotatable bonds is 5. The van der Waals surface area contributed by atoms with Crippen LogP contribution in [0.3, 0.4) is 0 Å². The Balaban J connectivity index is 1.49. The maximum Gasteiger partial charge on any atom is 0.306 e. The van der Waals surface area contributed by atoms with Crippen LogP contribution >= 0.6 is 0 Å². The number of sulfone groups is 1. The zero-order valence-electron chi connectivity index (χ0n) is 13.7. The van der Waals surface area contributed by atoms with Crippen molar-refractivity contribution in [3.05, 3.63) is 18.2 Å². The van der Waals surface area contributed by atoms with E-state index < -0.39 is 27.8 Å². The molecule has 136 valence electrons. The monoisotopic (exact) mass is 369 g/mol. The fourth-order valence-electron chi connectivity index (χ4n) is 2.79. The summed E-state index contributed by atoms with van der Waals surface area (Å²) in [6, 6.07) is 4.96. The minimum Gasteiger partial charge on any atom is -0.454 e. The van der Waals surface area contributed by atoms with Crippen molar-refractivity contribution in [1.29, 1.82) is 0 Å². The van der Waals surface area contributed by atoms with E-state index >= 15 is 0 Å². The summed E-state index contributed by atoms with van der Waals surface area (Å²) < 4.78 is 38.3. The minimum atomic E-state index is -3.04. The van der Waals surface area contributed by atoms with Crippen LogP contribution in [0.4, 0.5) is 5.69 Å². The Morgan fingerprint density at radius 2 is 2.08 bits per heavy atom. The van der Waals surface area contributed by atoms with E-state index in [1.54, 1.807) is 18.2 Å². The van der Waals surface area contributed by atoms with E-state index in [0.29, 0.717) is 23.6 Å². The third kappa shape index (κ3) is 4.41. The molecule has 0 saturated carbocycles. The summed E-state index contributed by atoms with van der Waals surface area (Å²) in [4.78, 5) is 24.0. The van der Waals surface area contributed by atoms with E-state index in [-0.39, 0.29) is 30.6 Å². The molecule has 2 heterocycles. The highest BCUT2D eigenvalue weighted by atomic mass is 32.2. The van der Waals surface area contributed by atoms with Gasteiger partial charge in [-0.1, -0.05) is 0 Å². The SMILES string of the molecule is C[C@@H](OC(=O)C[C@H]1CCS(=O)(=O)C1)C(=O)Nc1ccc2c(c1)OCO2. The van der Waals surface area contributed by atoms with Crippen LogP contribution in [0.5, 0.6) is 11.5 Å². The average Bonchev–Trinajstić information content (AvgIpc) is 3.12. The summed E-state index contributed by atoms with van der Waals surface area (Å²) in [5.41, 5.74) is 0.499. The smallest absolute Gasteiger partial charge is 0.306 e. The van der Waals surface area contributed by atoms with Gasteiger partial charge in [0.1, 0.15) is 0 Å². The number of anilines is 1. The first-order chi connectivity index (χ1) is 11.8. The van der Waals surface area contributed by atoms with Gasteiger partial charge >= 0.3 is 5.97 Å². The summed E-state index contributed by atoms with van der Waals surface area (Å²) in [5, 5.41) is 2.64. The lowest BCUT2D eigenvalue weighted by Crippen LogP contribution is -2.30. The van der Waals surface area contributed by atoms with Crippen molar-refractivity contribution in [2.45, 2.75) is 25.9 Å². The second kappa shape index (κ2) is 6.91.